The van der Waals surface area contributed by atoms with Crippen LogP contribution in [-0.2, 0) is 26.0 Å². The second-order valence-corrected chi connectivity index (χ2v) is 7.43. The van der Waals surface area contributed by atoms with Crippen molar-refractivity contribution in [3.63, 3.8) is 0 Å². The first kappa shape index (κ1) is 14.5. The number of morpholine rings is 1. The Morgan fingerprint density at radius 1 is 1.19 bits per heavy atom. The summed E-state index contributed by atoms with van der Waals surface area (Å²) in [5.74, 6) is -0.935. The van der Waals surface area contributed by atoms with Gasteiger partial charge in [-0.3, -0.25) is 4.79 Å². The fourth-order valence-corrected chi connectivity index (χ4v) is 4.38. The Morgan fingerprint density at radius 2 is 1.76 bits per heavy atom. The van der Waals surface area contributed by atoms with E-state index in [-0.39, 0.29) is 23.5 Å². The molecule has 1 aromatic rings. The molecule has 2 aliphatic heterocycles. The van der Waals surface area contributed by atoms with Crippen molar-refractivity contribution in [1.82, 2.24) is 4.31 Å². The molecule has 2 bridgehead atoms. The predicted octanol–water partition coefficient (Wildman–Crippen LogP) is 0.866. The lowest BCUT2D eigenvalue weighted by Gasteiger charge is -2.31. The average Bonchev–Trinajstić information content (AvgIpc) is 2.77. The zero-order valence-corrected chi connectivity index (χ0v) is 12.3. The molecule has 1 aromatic carbocycles. The van der Waals surface area contributed by atoms with Crippen LogP contribution in [0.5, 0.6) is 0 Å². The topological polar surface area (TPSA) is 83.9 Å². The van der Waals surface area contributed by atoms with Gasteiger partial charge >= 0.3 is 5.97 Å². The maximum Gasteiger partial charge on any atom is 0.307 e. The Hall–Kier alpha value is -1.44. The lowest BCUT2D eigenvalue weighted by atomic mass is 10.2. The monoisotopic (exact) mass is 311 g/mol. The minimum absolute atomic E-state index is 0.00445. The molecular formula is C14H17NO5S. The molecule has 3 rings (SSSR count). The standard InChI is InChI=1S/C14H17NO5S/c16-14(17)7-10-1-5-13(6-2-10)21(18,19)15-8-11-3-4-12(9-15)20-11/h1-2,5-6,11-12H,3-4,7-9H2,(H,16,17). The highest BCUT2D eigenvalue weighted by Gasteiger charge is 2.39. The fourth-order valence-electron chi connectivity index (χ4n) is 2.88. The summed E-state index contributed by atoms with van der Waals surface area (Å²) in [6.45, 7) is 0.797. The number of rotatable bonds is 4. The highest BCUT2D eigenvalue weighted by atomic mass is 32.2. The van der Waals surface area contributed by atoms with Gasteiger partial charge in [-0.25, -0.2) is 8.42 Å². The maximum absolute atomic E-state index is 12.6. The van der Waals surface area contributed by atoms with E-state index in [0.29, 0.717) is 18.7 Å². The van der Waals surface area contributed by atoms with Crippen LogP contribution in [0.3, 0.4) is 0 Å². The smallest absolute Gasteiger partial charge is 0.307 e. The Morgan fingerprint density at radius 3 is 2.29 bits per heavy atom. The van der Waals surface area contributed by atoms with Crippen molar-refractivity contribution in [2.24, 2.45) is 0 Å². The van der Waals surface area contributed by atoms with Gasteiger partial charge in [0, 0.05) is 13.1 Å². The van der Waals surface area contributed by atoms with Gasteiger partial charge in [0.15, 0.2) is 0 Å². The highest BCUT2D eigenvalue weighted by molar-refractivity contribution is 7.89. The molecule has 1 N–H and O–H groups in total. The van der Waals surface area contributed by atoms with Gasteiger partial charge in [0.1, 0.15) is 0 Å². The van der Waals surface area contributed by atoms with Crippen LogP contribution >= 0.6 is 0 Å². The van der Waals surface area contributed by atoms with Gasteiger partial charge in [-0.05, 0) is 30.5 Å². The van der Waals surface area contributed by atoms with Crippen LogP contribution in [0, 0.1) is 0 Å². The SMILES string of the molecule is O=C(O)Cc1ccc(S(=O)(=O)N2CC3CCC(C2)O3)cc1. The Kier molecular flexibility index (Phi) is 3.73. The first-order chi connectivity index (χ1) is 9.95. The maximum atomic E-state index is 12.6. The molecule has 114 valence electrons. The van der Waals surface area contributed by atoms with Crippen molar-refractivity contribution in [2.45, 2.75) is 36.4 Å². The molecule has 0 radical (unpaired) electrons. The van der Waals surface area contributed by atoms with E-state index in [1.54, 1.807) is 12.1 Å². The molecule has 2 aliphatic rings. The van der Waals surface area contributed by atoms with E-state index in [1.807, 2.05) is 0 Å². The second kappa shape index (κ2) is 5.40. The molecule has 2 unspecified atom stereocenters. The van der Waals surface area contributed by atoms with Crippen LogP contribution in [0.25, 0.3) is 0 Å². The zero-order chi connectivity index (χ0) is 15.0. The van der Waals surface area contributed by atoms with E-state index in [2.05, 4.69) is 0 Å². The summed E-state index contributed by atoms with van der Waals surface area (Å²) in [7, 11) is -3.53. The summed E-state index contributed by atoms with van der Waals surface area (Å²) in [6.07, 6.45) is 1.72. The van der Waals surface area contributed by atoms with E-state index >= 15 is 0 Å². The van der Waals surface area contributed by atoms with E-state index in [9.17, 15) is 13.2 Å². The van der Waals surface area contributed by atoms with E-state index in [0.717, 1.165) is 12.8 Å². The molecule has 2 atom stereocenters. The van der Waals surface area contributed by atoms with Crippen LogP contribution < -0.4 is 0 Å². The molecule has 21 heavy (non-hydrogen) atoms. The van der Waals surface area contributed by atoms with Crippen LogP contribution in [0.4, 0.5) is 0 Å². The first-order valence-corrected chi connectivity index (χ1v) is 8.35. The largest absolute Gasteiger partial charge is 0.481 e. The highest BCUT2D eigenvalue weighted by Crippen LogP contribution is 2.29. The molecule has 0 amide bonds. The molecular weight excluding hydrogens is 294 g/mol. The van der Waals surface area contributed by atoms with Crippen molar-refractivity contribution in [3.8, 4) is 0 Å². The minimum Gasteiger partial charge on any atom is -0.481 e. The van der Waals surface area contributed by atoms with Crippen LogP contribution in [0.15, 0.2) is 29.2 Å². The molecule has 6 nitrogen and oxygen atoms in total. The lowest BCUT2D eigenvalue weighted by molar-refractivity contribution is -0.136. The number of fused-ring (bicyclic) bond motifs is 2. The van der Waals surface area contributed by atoms with E-state index < -0.39 is 16.0 Å². The van der Waals surface area contributed by atoms with Gasteiger partial charge in [0.2, 0.25) is 10.0 Å². The molecule has 0 saturated carbocycles. The molecule has 0 aromatic heterocycles. The van der Waals surface area contributed by atoms with E-state index in [4.69, 9.17) is 9.84 Å². The van der Waals surface area contributed by atoms with Gasteiger partial charge < -0.3 is 9.84 Å². The number of carbonyl (C=O) groups is 1. The van der Waals surface area contributed by atoms with Crippen LogP contribution in [0.2, 0.25) is 0 Å². The molecule has 2 fully saturated rings. The zero-order valence-electron chi connectivity index (χ0n) is 11.4. The molecule has 0 aliphatic carbocycles. The van der Waals surface area contributed by atoms with Gasteiger partial charge in [-0.15, -0.1) is 0 Å². The number of hydrogen-bond acceptors (Lipinski definition) is 4. The first-order valence-electron chi connectivity index (χ1n) is 6.91. The van der Waals surface area contributed by atoms with Crippen LogP contribution in [-0.4, -0.2) is 49.1 Å². The van der Waals surface area contributed by atoms with Crippen molar-refractivity contribution in [1.29, 1.82) is 0 Å². The summed E-state index contributed by atoms with van der Waals surface area (Å²) in [6, 6.07) is 6.06. The van der Waals surface area contributed by atoms with Gasteiger partial charge in [0.05, 0.1) is 23.5 Å². The van der Waals surface area contributed by atoms with Gasteiger partial charge in [0.25, 0.3) is 0 Å². The number of sulfonamides is 1. The number of carboxylic acid groups (broad SMARTS) is 1. The molecule has 7 heteroatoms. The van der Waals surface area contributed by atoms with Crippen molar-refractivity contribution in [3.05, 3.63) is 29.8 Å². The molecule has 0 spiro atoms. The number of ether oxygens (including phenoxy) is 1. The second-order valence-electron chi connectivity index (χ2n) is 5.49. The molecule has 2 heterocycles. The summed E-state index contributed by atoms with van der Waals surface area (Å²) < 4.78 is 32.3. The summed E-state index contributed by atoms with van der Waals surface area (Å²) in [5, 5.41) is 8.72. The van der Waals surface area contributed by atoms with Crippen molar-refractivity contribution in [2.75, 3.05) is 13.1 Å². The third kappa shape index (κ3) is 2.95. The number of aliphatic carboxylic acids is 1. The number of hydrogen-bond donors (Lipinski definition) is 1. The van der Waals surface area contributed by atoms with Gasteiger partial charge in [-0.1, -0.05) is 12.1 Å². The number of nitrogens with zero attached hydrogens (tertiary/aromatic N) is 1. The van der Waals surface area contributed by atoms with Crippen LogP contribution in [0.1, 0.15) is 18.4 Å². The Bertz CT molecular complexity index is 628. The predicted molar refractivity (Wildman–Crippen MR) is 74.4 cm³/mol. The van der Waals surface area contributed by atoms with Crippen molar-refractivity contribution < 1.29 is 23.1 Å². The number of benzene rings is 1. The lowest BCUT2D eigenvalue weighted by Crippen LogP contribution is -2.45. The quantitative estimate of drug-likeness (QED) is 0.892. The Balaban J connectivity index is 1.79. The third-order valence-electron chi connectivity index (χ3n) is 3.93. The van der Waals surface area contributed by atoms with E-state index in [1.165, 1.54) is 16.4 Å². The normalized spacial score (nSPS) is 25.9. The summed E-state index contributed by atoms with van der Waals surface area (Å²) >= 11 is 0. The minimum atomic E-state index is -3.53. The summed E-state index contributed by atoms with van der Waals surface area (Å²) in [4.78, 5) is 10.8. The Labute approximate surface area is 123 Å². The van der Waals surface area contributed by atoms with Gasteiger partial charge in [-0.2, -0.15) is 4.31 Å². The number of carboxylic acids is 1. The summed E-state index contributed by atoms with van der Waals surface area (Å²) in [5.41, 5.74) is 0.587. The third-order valence-corrected chi connectivity index (χ3v) is 5.77. The fraction of sp³-hybridized carbons (Fsp3) is 0.500. The molecule has 2 saturated heterocycles. The van der Waals surface area contributed by atoms with Crippen molar-refractivity contribution >= 4 is 16.0 Å². The average molecular weight is 311 g/mol.